The molecule has 0 bridgehead atoms. The van der Waals surface area contributed by atoms with Crippen LogP contribution in [0.3, 0.4) is 0 Å². The number of nitrogens with zero attached hydrogens (tertiary/aromatic N) is 3. The highest BCUT2D eigenvalue weighted by Crippen LogP contribution is 2.35. The molecular weight excluding hydrogens is 418 g/mol. The molecule has 6 heteroatoms. The van der Waals surface area contributed by atoms with Gasteiger partial charge in [0.05, 0.1) is 22.3 Å². The lowest BCUT2D eigenvalue weighted by Gasteiger charge is -2.30. The van der Waals surface area contributed by atoms with Crippen molar-refractivity contribution >= 4 is 33.8 Å². The van der Waals surface area contributed by atoms with Crippen LogP contribution in [0.1, 0.15) is 40.0 Å². The lowest BCUT2D eigenvalue weighted by molar-refractivity contribution is 0.0697. The van der Waals surface area contributed by atoms with Crippen LogP contribution in [0.15, 0.2) is 77.3 Å². The van der Waals surface area contributed by atoms with Crippen molar-refractivity contribution in [3.8, 4) is 0 Å². The minimum absolute atomic E-state index is 0.298. The van der Waals surface area contributed by atoms with E-state index in [0.717, 1.165) is 60.2 Å². The number of carbonyl (C=O) groups is 1. The number of pyridine rings is 1. The van der Waals surface area contributed by atoms with Gasteiger partial charge < -0.3 is 5.11 Å². The molecule has 0 saturated carbocycles. The van der Waals surface area contributed by atoms with Gasteiger partial charge in [-0.3, -0.25) is 9.88 Å². The molecule has 160 valence electrons. The standard InChI is InChI=1S/C26H23N3O2S/c30-26(31)21-8-6-18(7-9-21)24(23-5-1-3-20-4-2-12-27-25(20)23)19-10-13-29(14-11-19)15-22-16-32-17-28-22/h1-9,12,16-17H,10-11,13-15H2,(H,30,31). The summed E-state index contributed by atoms with van der Waals surface area (Å²) in [6, 6.07) is 17.5. The Morgan fingerprint density at radius 2 is 1.72 bits per heavy atom. The predicted molar refractivity (Wildman–Crippen MR) is 128 cm³/mol. The van der Waals surface area contributed by atoms with Gasteiger partial charge in [0.2, 0.25) is 0 Å². The fourth-order valence-corrected chi connectivity index (χ4v) is 4.96. The first-order valence-corrected chi connectivity index (χ1v) is 11.6. The monoisotopic (exact) mass is 441 g/mol. The zero-order chi connectivity index (χ0) is 21.9. The minimum atomic E-state index is -0.909. The lowest BCUT2D eigenvalue weighted by Crippen LogP contribution is -2.30. The summed E-state index contributed by atoms with van der Waals surface area (Å²) in [6.45, 7) is 2.83. The highest BCUT2D eigenvalue weighted by Gasteiger charge is 2.21. The second-order valence-electron chi connectivity index (χ2n) is 8.00. The average molecular weight is 442 g/mol. The summed E-state index contributed by atoms with van der Waals surface area (Å²) in [7, 11) is 0. The average Bonchev–Trinajstić information content (AvgIpc) is 3.34. The highest BCUT2D eigenvalue weighted by molar-refractivity contribution is 7.07. The summed E-state index contributed by atoms with van der Waals surface area (Å²) in [6.07, 6.45) is 3.75. The van der Waals surface area contributed by atoms with Gasteiger partial charge in [-0.15, -0.1) is 11.3 Å². The van der Waals surface area contributed by atoms with Crippen molar-refractivity contribution in [3.63, 3.8) is 0 Å². The van der Waals surface area contributed by atoms with Crippen LogP contribution in [-0.4, -0.2) is 39.0 Å². The molecule has 32 heavy (non-hydrogen) atoms. The van der Waals surface area contributed by atoms with Crippen molar-refractivity contribution in [2.75, 3.05) is 13.1 Å². The fraction of sp³-hybridized carbons (Fsp3) is 0.192. The molecule has 2 aromatic heterocycles. The van der Waals surface area contributed by atoms with E-state index >= 15 is 0 Å². The summed E-state index contributed by atoms with van der Waals surface area (Å²) in [5.74, 6) is -0.909. The minimum Gasteiger partial charge on any atom is -0.478 e. The first-order chi connectivity index (χ1) is 15.7. The summed E-state index contributed by atoms with van der Waals surface area (Å²) in [5, 5.41) is 12.5. The molecule has 1 saturated heterocycles. The number of hydrogen-bond acceptors (Lipinski definition) is 5. The number of carboxylic acids is 1. The van der Waals surface area contributed by atoms with Gasteiger partial charge >= 0.3 is 5.97 Å². The quantitative estimate of drug-likeness (QED) is 0.444. The van der Waals surface area contributed by atoms with Crippen molar-refractivity contribution in [2.45, 2.75) is 19.4 Å². The molecule has 1 aliphatic heterocycles. The molecule has 1 N–H and O–H groups in total. The summed E-state index contributed by atoms with van der Waals surface area (Å²) >= 11 is 1.64. The van der Waals surface area contributed by atoms with Gasteiger partial charge in [0, 0.05) is 42.2 Å². The number of rotatable bonds is 5. The maximum atomic E-state index is 11.4. The SMILES string of the molecule is O=C(O)c1ccc(C(=C2CCN(Cc3cscn3)CC2)c2cccc3cccnc23)cc1. The van der Waals surface area contributed by atoms with E-state index in [9.17, 15) is 9.90 Å². The molecular formula is C26H23N3O2S. The maximum absolute atomic E-state index is 11.4. The number of benzene rings is 2. The smallest absolute Gasteiger partial charge is 0.335 e. The van der Waals surface area contributed by atoms with Crippen molar-refractivity contribution in [2.24, 2.45) is 0 Å². The van der Waals surface area contributed by atoms with Crippen LogP contribution >= 0.6 is 11.3 Å². The van der Waals surface area contributed by atoms with Gasteiger partial charge in [-0.1, -0.05) is 42.0 Å². The summed E-state index contributed by atoms with van der Waals surface area (Å²) in [4.78, 5) is 22.9. The van der Waals surface area contributed by atoms with Crippen LogP contribution in [0.5, 0.6) is 0 Å². The Kier molecular flexibility index (Phi) is 5.79. The van der Waals surface area contributed by atoms with Gasteiger partial charge in [0.1, 0.15) is 0 Å². The van der Waals surface area contributed by atoms with Gasteiger partial charge in [-0.2, -0.15) is 0 Å². The number of aromatic nitrogens is 2. The Balaban J connectivity index is 1.55. The zero-order valence-electron chi connectivity index (χ0n) is 17.6. The molecule has 4 aromatic rings. The maximum Gasteiger partial charge on any atom is 0.335 e. The number of carboxylic acid groups (broad SMARTS) is 1. The predicted octanol–water partition coefficient (Wildman–Crippen LogP) is 5.49. The molecule has 0 unspecified atom stereocenters. The van der Waals surface area contributed by atoms with E-state index in [1.54, 1.807) is 23.5 Å². The third kappa shape index (κ3) is 4.20. The van der Waals surface area contributed by atoms with E-state index < -0.39 is 5.97 Å². The number of thiazole rings is 1. The van der Waals surface area contributed by atoms with E-state index in [0.29, 0.717) is 5.56 Å². The number of likely N-dealkylation sites (tertiary alicyclic amines) is 1. The third-order valence-electron chi connectivity index (χ3n) is 6.00. The lowest BCUT2D eigenvalue weighted by atomic mass is 9.87. The molecule has 0 aliphatic carbocycles. The second-order valence-corrected chi connectivity index (χ2v) is 8.72. The molecule has 5 nitrogen and oxygen atoms in total. The molecule has 0 atom stereocenters. The van der Waals surface area contributed by atoms with Gasteiger partial charge in [-0.25, -0.2) is 9.78 Å². The van der Waals surface area contributed by atoms with E-state index in [-0.39, 0.29) is 0 Å². The number of fused-ring (bicyclic) bond motifs is 1. The molecule has 0 amide bonds. The molecule has 2 aromatic carbocycles. The van der Waals surface area contributed by atoms with Gasteiger partial charge in [-0.05, 0) is 42.2 Å². The van der Waals surface area contributed by atoms with E-state index in [2.05, 4.69) is 44.5 Å². The molecule has 5 rings (SSSR count). The van der Waals surface area contributed by atoms with Crippen molar-refractivity contribution in [3.05, 3.63) is 99.6 Å². The van der Waals surface area contributed by atoms with Crippen LogP contribution in [0, 0.1) is 0 Å². The normalized spacial score (nSPS) is 14.6. The Morgan fingerprint density at radius 3 is 2.44 bits per heavy atom. The number of hydrogen-bond donors (Lipinski definition) is 1. The molecule has 0 spiro atoms. The van der Waals surface area contributed by atoms with E-state index in [4.69, 9.17) is 0 Å². The second kappa shape index (κ2) is 9.02. The van der Waals surface area contributed by atoms with Gasteiger partial charge in [0.15, 0.2) is 0 Å². The number of para-hydroxylation sites is 1. The number of aromatic carboxylic acids is 1. The van der Waals surface area contributed by atoms with Gasteiger partial charge in [0.25, 0.3) is 0 Å². The Morgan fingerprint density at radius 1 is 0.969 bits per heavy atom. The first kappa shape index (κ1) is 20.5. The largest absolute Gasteiger partial charge is 0.478 e. The molecule has 1 fully saturated rings. The van der Waals surface area contributed by atoms with Crippen LogP contribution in [0.25, 0.3) is 16.5 Å². The molecule has 0 radical (unpaired) electrons. The zero-order valence-corrected chi connectivity index (χ0v) is 18.4. The van der Waals surface area contributed by atoms with E-state index in [1.165, 1.54) is 11.1 Å². The highest BCUT2D eigenvalue weighted by atomic mass is 32.1. The number of piperidine rings is 1. The van der Waals surface area contributed by atoms with Crippen LogP contribution in [-0.2, 0) is 6.54 Å². The van der Waals surface area contributed by atoms with Crippen molar-refractivity contribution in [1.29, 1.82) is 0 Å². The van der Waals surface area contributed by atoms with Crippen LogP contribution in [0.4, 0.5) is 0 Å². The molecule has 3 heterocycles. The van der Waals surface area contributed by atoms with Crippen LogP contribution in [0.2, 0.25) is 0 Å². The van der Waals surface area contributed by atoms with E-state index in [1.807, 2.05) is 29.9 Å². The topological polar surface area (TPSA) is 66.3 Å². The Hall–Kier alpha value is -3.35. The first-order valence-electron chi connectivity index (χ1n) is 10.7. The van der Waals surface area contributed by atoms with Crippen molar-refractivity contribution in [1.82, 2.24) is 14.9 Å². The summed E-state index contributed by atoms with van der Waals surface area (Å²) in [5.41, 5.74) is 9.00. The Labute approximate surface area is 190 Å². The molecule has 1 aliphatic rings. The van der Waals surface area contributed by atoms with Crippen LogP contribution < -0.4 is 0 Å². The fourth-order valence-electron chi connectivity index (χ4n) is 4.41. The Bertz CT molecular complexity index is 1260. The van der Waals surface area contributed by atoms with Crippen molar-refractivity contribution < 1.29 is 9.90 Å². The third-order valence-corrected chi connectivity index (χ3v) is 6.64. The summed E-state index contributed by atoms with van der Waals surface area (Å²) < 4.78 is 0.